The number of hydrogen-bond acceptors (Lipinski definition) is 4. The lowest BCUT2D eigenvalue weighted by molar-refractivity contribution is -0.120. The molecule has 0 aliphatic carbocycles. The number of carbonyl (C=O) groups excluding carboxylic acids is 1. The molecule has 6 nitrogen and oxygen atoms in total. The van der Waals surface area contributed by atoms with Crippen LogP contribution in [-0.4, -0.2) is 22.6 Å². The van der Waals surface area contributed by atoms with Crippen LogP contribution in [0.1, 0.15) is 0 Å². The number of nitrogens with zero attached hydrogens (tertiary/aromatic N) is 2. The molecule has 4 rings (SSSR count). The zero-order valence-corrected chi connectivity index (χ0v) is 13.7. The first kappa shape index (κ1) is 15.8. The zero-order chi connectivity index (χ0) is 17.9. The summed E-state index contributed by atoms with van der Waals surface area (Å²) in [5, 5.41) is 20.1. The van der Waals surface area contributed by atoms with Gasteiger partial charge in [-0.05, 0) is 17.5 Å². The summed E-state index contributed by atoms with van der Waals surface area (Å²) in [4.78, 5) is 14.8. The molecule has 0 unspecified atom stereocenters. The van der Waals surface area contributed by atoms with Crippen molar-refractivity contribution < 1.29 is 14.6 Å². The van der Waals surface area contributed by atoms with E-state index in [2.05, 4.69) is 15.2 Å². The molecular formula is C20H15N3O3. The van der Waals surface area contributed by atoms with Crippen LogP contribution in [0, 0.1) is 0 Å². The summed E-state index contributed by atoms with van der Waals surface area (Å²) < 4.78 is 5.60. The van der Waals surface area contributed by atoms with E-state index in [1.54, 1.807) is 18.2 Å². The zero-order valence-electron chi connectivity index (χ0n) is 13.7. The summed E-state index contributed by atoms with van der Waals surface area (Å²) in [5.74, 6) is -0.0538. The van der Waals surface area contributed by atoms with Crippen LogP contribution in [0.2, 0.25) is 0 Å². The molecule has 0 aliphatic rings. The minimum absolute atomic E-state index is 0.127. The number of nitrogens with one attached hydrogen (secondary N) is 1. The van der Waals surface area contributed by atoms with Gasteiger partial charge in [0.1, 0.15) is 5.75 Å². The van der Waals surface area contributed by atoms with E-state index in [-0.39, 0.29) is 18.2 Å². The molecule has 1 aromatic heterocycles. The van der Waals surface area contributed by atoms with Crippen molar-refractivity contribution >= 4 is 33.3 Å². The summed E-state index contributed by atoms with van der Waals surface area (Å²) in [5.41, 5.74) is 0.956. The number of fused-ring (bicyclic) bond motifs is 2. The average Bonchev–Trinajstić information content (AvgIpc) is 2.99. The molecule has 0 aliphatic heterocycles. The Labute approximate surface area is 148 Å². The van der Waals surface area contributed by atoms with E-state index in [0.717, 1.165) is 16.3 Å². The molecule has 0 atom stereocenters. The first-order chi connectivity index (χ1) is 12.7. The van der Waals surface area contributed by atoms with Crippen LogP contribution in [0.15, 0.2) is 77.0 Å². The molecule has 0 saturated heterocycles. The quantitative estimate of drug-likeness (QED) is 0.525. The molecule has 1 amide bonds. The van der Waals surface area contributed by atoms with Crippen LogP contribution in [0.5, 0.6) is 11.6 Å². The van der Waals surface area contributed by atoms with Crippen LogP contribution >= 0.6 is 0 Å². The van der Waals surface area contributed by atoms with Crippen molar-refractivity contribution in [1.29, 1.82) is 0 Å². The number of carbonyl (C=O) groups is 1. The Hall–Kier alpha value is -3.67. The smallest absolute Gasteiger partial charge is 0.302 e. The summed E-state index contributed by atoms with van der Waals surface area (Å²) >= 11 is 0. The maximum Gasteiger partial charge on any atom is 0.302 e. The molecule has 3 aromatic carbocycles. The van der Waals surface area contributed by atoms with Crippen LogP contribution in [0.25, 0.3) is 21.7 Å². The van der Waals surface area contributed by atoms with Gasteiger partial charge in [-0.1, -0.05) is 54.6 Å². The Morgan fingerprint density at radius 2 is 1.69 bits per heavy atom. The SMILES string of the molecule is O=C(COc1cccc2ccccc12)N=Nc1c(O)[nH]c2ccccc12. The fourth-order valence-corrected chi connectivity index (χ4v) is 2.81. The summed E-state index contributed by atoms with van der Waals surface area (Å²) in [6, 6.07) is 20.7. The van der Waals surface area contributed by atoms with Crippen LogP contribution in [-0.2, 0) is 4.79 Å². The van der Waals surface area contributed by atoms with Gasteiger partial charge >= 0.3 is 5.91 Å². The van der Waals surface area contributed by atoms with Crippen molar-refractivity contribution in [2.45, 2.75) is 0 Å². The molecule has 0 spiro atoms. The lowest BCUT2D eigenvalue weighted by atomic mass is 10.1. The molecule has 0 bridgehead atoms. The highest BCUT2D eigenvalue weighted by Gasteiger charge is 2.11. The van der Waals surface area contributed by atoms with Crippen LogP contribution < -0.4 is 4.74 Å². The van der Waals surface area contributed by atoms with Gasteiger partial charge in [-0.2, -0.15) is 0 Å². The van der Waals surface area contributed by atoms with E-state index in [0.29, 0.717) is 11.1 Å². The third-order valence-electron chi connectivity index (χ3n) is 4.02. The molecular weight excluding hydrogens is 330 g/mol. The number of aromatic hydroxyl groups is 1. The van der Waals surface area contributed by atoms with Crippen molar-refractivity contribution in [1.82, 2.24) is 4.98 Å². The maximum atomic E-state index is 12.0. The van der Waals surface area contributed by atoms with E-state index in [4.69, 9.17) is 4.74 Å². The number of para-hydroxylation sites is 1. The first-order valence-electron chi connectivity index (χ1n) is 8.07. The minimum Gasteiger partial charge on any atom is -0.493 e. The Bertz CT molecular complexity index is 1130. The Morgan fingerprint density at radius 3 is 2.58 bits per heavy atom. The van der Waals surface area contributed by atoms with E-state index in [1.165, 1.54) is 0 Å². The van der Waals surface area contributed by atoms with Gasteiger partial charge in [0.25, 0.3) is 0 Å². The minimum atomic E-state index is -0.539. The van der Waals surface area contributed by atoms with E-state index in [1.807, 2.05) is 48.5 Å². The number of azo groups is 1. The van der Waals surface area contributed by atoms with Gasteiger partial charge in [0.15, 0.2) is 12.3 Å². The van der Waals surface area contributed by atoms with Gasteiger partial charge in [-0.3, -0.25) is 4.79 Å². The van der Waals surface area contributed by atoms with E-state index in [9.17, 15) is 9.90 Å². The largest absolute Gasteiger partial charge is 0.493 e. The van der Waals surface area contributed by atoms with Crippen molar-refractivity contribution in [3.05, 3.63) is 66.7 Å². The van der Waals surface area contributed by atoms with E-state index < -0.39 is 5.91 Å². The van der Waals surface area contributed by atoms with Crippen molar-refractivity contribution in [2.75, 3.05) is 6.61 Å². The second-order valence-electron chi connectivity index (χ2n) is 5.73. The Balaban J connectivity index is 1.50. The predicted molar refractivity (Wildman–Crippen MR) is 98.9 cm³/mol. The number of ether oxygens (including phenoxy) is 1. The lowest BCUT2D eigenvalue weighted by Gasteiger charge is -2.06. The molecule has 0 fully saturated rings. The maximum absolute atomic E-state index is 12.0. The molecule has 128 valence electrons. The third kappa shape index (κ3) is 3.00. The van der Waals surface area contributed by atoms with Crippen molar-refractivity contribution in [2.24, 2.45) is 10.2 Å². The highest BCUT2D eigenvalue weighted by molar-refractivity contribution is 5.94. The van der Waals surface area contributed by atoms with Crippen molar-refractivity contribution in [3.8, 4) is 11.6 Å². The fourth-order valence-electron chi connectivity index (χ4n) is 2.81. The molecule has 1 heterocycles. The Morgan fingerprint density at radius 1 is 0.962 bits per heavy atom. The highest BCUT2D eigenvalue weighted by atomic mass is 16.5. The highest BCUT2D eigenvalue weighted by Crippen LogP contribution is 2.35. The number of aromatic nitrogens is 1. The van der Waals surface area contributed by atoms with Gasteiger partial charge in [-0.25, -0.2) is 0 Å². The second kappa shape index (κ2) is 6.68. The monoisotopic (exact) mass is 345 g/mol. The number of H-pyrrole nitrogens is 1. The molecule has 0 saturated carbocycles. The number of hydrogen-bond donors (Lipinski definition) is 2. The topological polar surface area (TPSA) is 87.0 Å². The van der Waals surface area contributed by atoms with Crippen LogP contribution in [0.3, 0.4) is 0 Å². The summed E-state index contributed by atoms with van der Waals surface area (Å²) in [6.07, 6.45) is 0. The molecule has 6 heteroatoms. The lowest BCUT2D eigenvalue weighted by Crippen LogP contribution is -2.08. The van der Waals surface area contributed by atoms with Gasteiger partial charge in [0.2, 0.25) is 5.88 Å². The third-order valence-corrected chi connectivity index (χ3v) is 4.02. The summed E-state index contributed by atoms with van der Waals surface area (Å²) in [6.45, 7) is -0.235. The molecule has 2 N–H and O–H groups in total. The van der Waals surface area contributed by atoms with Crippen molar-refractivity contribution in [3.63, 3.8) is 0 Å². The summed E-state index contributed by atoms with van der Waals surface area (Å²) in [7, 11) is 0. The fraction of sp³-hybridized carbons (Fsp3) is 0.0500. The number of amides is 1. The van der Waals surface area contributed by atoms with E-state index >= 15 is 0 Å². The average molecular weight is 345 g/mol. The molecule has 4 aromatic rings. The first-order valence-corrected chi connectivity index (χ1v) is 8.07. The van der Waals surface area contributed by atoms with Gasteiger partial charge in [0.05, 0.1) is 5.52 Å². The number of benzene rings is 3. The van der Waals surface area contributed by atoms with Crippen LogP contribution in [0.4, 0.5) is 5.69 Å². The second-order valence-corrected chi connectivity index (χ2v) is 5.73. The number of rotatable bonds is 4. The standard InChI is InChI=1S/C20H15N3O3/c24-18(12-26-17-11-5-7-13-6-1-2-8-14(13)17)22-23-19-15-9-3-4-10-16(15)21-20(19)25/h1-11,21,25H,12H2. The molecule has 0 radical (unpaired) electrons. The predicted octanol–water partition coefficient (Wildman–Crippen LogP) is 4.72. The molecule has 26 heavy (non-hydrogen) atoms. The van der Waals surface area contributed by atoms with Gasteiger partial charge < -0.3 is 14.8 Å². The van der Waals surface area contributed by atoms with Gasteiger partial charge in [-0.15, -0.1) is 10.2 Å². The number of aromatic amines is 1. The normalized spacial score (nSPS) is 11.4. The Kier molecular flexibility index (Phi) is 4.07. The van der Waals surface area contributed by atoms with Gasteiger partial charge in [0, 0.05) is 10.8 Å².